The maximum atomic E-state index is 13.3. The van der Waals surface area contributed by atoms with Crippen LogP contribution in [0, 0.1) is 0 Å². The number of amides is 1. The maximum absolute atomic E-state index is 13.3. The van der Waals surface area contributed by atoms with Crippen LogP contribution in [-0.4, -0.2) is 75.7 Å². The smallest absolute Gasteiger partial charge is 0.292 e. The van der Waals surface area contributed by atoms with E-state index in [0.717, 1.165) is 5.56 Å². The second-order valence-corrected chi connectivity index (χ2v) is 9.05. The third-order valence-corrected chi connectivity index (χ3v) is 6.41. The highest BCUT2D eigenvalue weighted by molar-refractivity contribution is 6.31. The molecule has 1 fully saturated rings. The zero-order valence-electron chi connectivity index (χ0n) is 21.5. The van der Waals surface area contributed by atoms with E-state index >= 15 is 0 Å². The second-order valence-electron chi connectivity index (χ2n) is 8.65. The number of carbonyl (C=O) groups excluding carboxylic acids is 1. The summed E-state index contributed by atoms with van der Waals surface area (Å²) < 4.78 is 22.6. The number of hydrogen-bond donors (Lipinski definition) is 2. The first-order valence-electron chi connectivity index (χ1n) is 12.2. The molecule has 208 valence electrons. The van der Waals surface area contributed by atoms with Crippen molar-refractivity contribution in [2.45, 2.75) is 13.2 Å². The Labute approximate surface area is 233 Å². The molecule has 5 rings (SSSR count). The van der Waals surface area contributed by atoms with Gasteiger partial charge in [-0.3, -0.25) is 9.69 Å². The molecule has 3 heterocycles. The normalized spacial score (nSPS) is 13.9. The summed E-state index contributed by atoms with van der Waals surface area (Å²) in [6, 6.07) is 12.7. The Bertz CT molecular complexity index is 1500. The number of morpholine rings is 1. The van der Waals surface area contributed by atoms with Crippen molar-refractivity contribution in [3.8, 4) is 17.3 Å². The van der Waals surface area contributed by atoms with Crippen LogP contribution in [0.15, 0.2) is 52.2 Å². The number of hydrazone groups is 1. The topological polar surface area (TPSA) is 168 Å². The standard InChI is InChI=1S/C25H26ClN9O5/c1-37-21-12-16(6-7-20(21)39-15-17-4-2-3-5-18(17)26)13-28-30-25(36)22-19(14-34-8-10-38-11-9-34)29-33-35(22)24-23(27)31-40-32-24/h2-7,12-13H,8-11,14-15H2,1H3,(H2,27,31)(H,30,36)/b28-13+. The molecule has 0 unspecified atom stereocenters. The third kappa shape index (κ3) is 6.20. The highest BCUT2D eigenvalue weighted by Gasteiger charge is 2.26. The van der Waals surface area contributed by atoms with Crippen molar-refractivity contribution < 1.29 is 23.6 Å². The SMILES string of the molecule is COc1cc(/C=N/NC(=O)c2c(CN3CCOCC3)nnn2-c2nonc2N)ccc1OCc1ccccc1Cl. The van der Waals surface area contributed by atoms with Gasteiger partial charge >= 0.3 is 0 Å². The van der Waals surface area contributed by atoms with Gasteiger partial charge in [0.2, 0.25) is 11.6 Å². The van der Waals surface area contributed by atoms with Crippen LogP contribution in [0.1, 0.15) is 27.3 Å². The van der Waals surface area contributed by atoms with Crippen LogP contribution in [0.5, 0.6) is 11.5 Å². The summed E-state index contributed by atoms with van der Waals surface area (Å²) >= 11 is 6.22. The van der Waals surface area contributed by atoms with Gasteiger partial charge in [0.25, 0.3) is 5.91 Å². The lowest BCUT2D eigenvalue weighted by Gasteiger charge is -2.25. The molecule has 40 heavy (non-hydrogen) atoms. The van der Waals surface area contributed by atoms with E-state index in [1.165, 1.54) is 18.0 Å². The van der Waals surface area contributed by atoms with Crippen molar-refractivity contribution in [2.24, 2.45) is 5.10 Å². The van der Waals surface area contributed by atoms with Gasteiger partial charge < -0.3 is 19.9 Å². The summed E-state index contributed by atoms with van der Waals surface area (Å²) in [6.07, 6.45) is 1.47. The molecule has 1 aliphatic rings. The minimum absolute atomic E-state index is 0.0377. The molecule has 0 radical (unpaired) electrons. The third-order valence-electron chi connectivity index (χ3n) is 6.04. The lowest BCUT2D eigenvalue weighted by Crippen LogP contribution is -2.36. The molecular formula is C25H26ClN9O5. The van der Waals surface area contributed by atoms with Crippen LogP contribution < -0.4 is 20.6 Å². The Balaban J connectivity index is 1.30. The van der Waals surface area contributed by atoms with Gasteiger partial charge in [-0.25, -0.2) is 10.1 Å². The number of carbonyl (C=O) groups is 1. The number of nitrogens with zero attached hydrogens (tertiary/aromatic N) is 7. The molecule has 1 saturated heterocycles. The number of nitrogens with one attached hydrogen (secondary N) is 1. The maximum Gasteiger partial charge on any atom is 0.292 e. The van der Waals surface area contributed by atoms with Crippen LogP contribution in [0.25, 0.3) is 5.82 Å². The number of nitrogen functional groups attached to an aromatic ring is 1. The molecule has 15 heteroatoms. The average molecular weight is 568 g/mol. The lowest BCUT2D eigenvalue weighted by atomic mass is 10.2. The molecule has 3 N–H and O–H groups in total. The molecule has 4 aromatic rings. The van der Waals surface area contributed by atoms with Crippen molar-refractivity contribution in [1.82, 2.24) is 35.6 Å². The van der Waals surface area contributed by atoms with E-state index < -0.39 is 5.91 Å². The summed E-state index contributed by atoms with van der Waals surface area (Å²) in [5, 5.41) is 20.3. The molecule has 1 amide bonds. The van der Waals surface area contributed by atoms with Gasteiger partial charge in [0.15, 0.2) is 17.2 Å². The molecule has 0 saturated carbocycles. The average Bonchev–Trinajstić information content (AvgIpc) is 3.59. The van der Waals surface area contributed by atoms with Crippen molar-refractivity contribution >= 4 is 29.5 Å². The Hall–Kier alpha value is -4.53. The van der Waals surface area contributed by atoms with Gasteiger partial charge in [-0.05, 0) is 40.1 Å². The minimum atomic E-state index is -0.571. The largest absolute Gasteiger partial charge is 0.493 e. The van der Waals surface area contributed by atoms with Gasteiger partial charge in [-0.2, -0.15) is 9.78 Å². The first-order valence-corrected chi connectivity index (χ1v) is 12.6. The second kappa shape index (κ2) is 12.5. The van der Waals surface area contributed by atoms with Crippen molar-refractivity contribution in [3.63, 3.8) is 0 Å². The fourth-order valence-corrected chi connectivity index (χ4v) is 4.17. The highest BCUT2D eigenvalue weighted by atomic mass is 35.5. The van der Waals surface area contributed by atoms with Gasteiger partial charge in [0.1, 0.15) is 12.3 Å². The summed E-state index contributed by atoms with van der Waals surface area (Å²) in [6.45, 7) is 3.22. The van der Waals surface area contributed by atoms with Crippen LogP contribution in [0.3, 0.4) is 0 Å². The number of benzene rings is 2. The summed E-state index contributed by atoms with van der Waals surface area (Å²) in [4.78, 5) is 15.4. The Morgan fingerprint density at radius 2 is 2.02 bits per heavy atom. The molecule has 14 nitrogen and oxygen atoms in total. The first kappa shape index (κ1) is 27.1. The van der Waals surface area contributed by atoms with Gasteiger partial charge in [-0.1, -0.05) is 35.0 Å². The van der Waals surface area contributed by atoms with Crippen LogP contribution >= 0.6 is 11.6 Å². The Morgan fingerprint density at radius 1 is 1.20 bits per heavy atom. The van der Waals surface area contributed by atoms with Gasteiger partial charge in [0.05, 0.1) is 26.5 Å². The Kier molecular flexibility index (Phi) is 8.49. The number of halogens is 1. The monoisotopic (exact) mass is 567 g/mol. The number of aromatic nitrogens is 5. The number of nitrogens with two attached hydrogens (primary N) is 1. The van der Waals surface area contributed by atoms with E-state index in [1.54, 1.807) is 24.3 Å². The van der Waals surface area contributed by atoms with E-state index in [4.69, 9.17) is 31.5 Å². The quantitative estimate of drug-likeness (QED) is 0.212. The number of hydrogen-bond acceptors (Lipinski definition) is 12. The molecule has 2 aromatic carbocycles. The van der Waals surface area contributed by atoms with E-state index in [0.29, 0.717) is 60.6 Å². The van der Waals surface area contributed by atoms with Crippen LogP contribution in [0.2, 0.25) is 5.02 Å². The van der Waals surface area contributed by atoms with Crippen LogP contribution in [-0.2, 0) is 17.9 Å². The fourth-order valence-electron chi connectivity index (χ4n) is 3.98. The predicted octanol–water partition coefficient (Wildman–Crippen LogP) is 2.07. The summed E-state index contributed by atoms with van der Waals surface area (Å²) in [5.41, 5.74) is 10.4. The summed E-state index contributed by atoms with van der Waals surface area (Å²) in [5.74, 6) is 0.464. The minimum Gasteiger partial charge on any atom is -0.493 e. The molecule has 0 spiro atoms. The summed E-state index contributed by atoms with van der Waals surface area (Å²) in [7, 11) is 1.54. The number of ether oxygens (including phenoxy) is 3. The lowest BCUT2D eigenvalue weighted by molar-refractivity contribution is 0.0335. The van der Waals surface area contributed by atoms with Crippen molar-refractivity contribution in [3.05, 3.63) is 70.0 Å². The van der Waals surface area contributed by atoms with Crippen LogP contribution in [0.4, 0.5) is 5.82 Å². The molecule has 1 aliphatic heterocycles. The number of anilines is 1. The zero-order valence-corrected chi connectivity index (χ0v) is 22.2. The van der Waals surface area contributed by atoms with E-state index in [1.807, 2.05) is 18.2 Å². The number of methoxy groups -OCH3 is 1. The van der Waals surface area contributed by atoms with E-state index in [-0.39, 0.29) is 23.9 Å². The molecule has 0 aliphatic carbocycles. The van der Waals surface area contributed by atoms with Crippen molar-refractivity contribution in [1.29, 1.82) is 0 Å². The van der Waals surface area contributed by atoms with E-state index in [9.17, 15) is 4.79 Å². The molecule has 2 aromatic heterocycles. The number of rotatable bonds is 10. The molecule has 0 bridgehead atoms. The Morgan fingerprint density at radius 3 is 2.77 bits per heavy atom. The van der Waals surface area contributed by atoms with Crippen molar-refractivity contribution in [2.75, 3.05) is 39.1 Å². The molecule has 0 atom stereocenters. The fraction of sp³-hybridized carbons (Fsp3) is 0.280. The van der Waals surface area contributed by atoms with Gasteiger partial charge in [0, 0.05) is 30.2 Å². The zero-order chi connectivity index (χ0) is 27.9. The van der Waals surface area contributed by atoms with E-state index in [2.05, 4.69) is 40.7 Å². The first-order chi connectivity index (χ1) is 19.5. The van der Waals surface area contributed by atoms with Gasteiger partial charge in [-0.15, -0.1) is 5.10 Å². The highest BCUT2D eigenvalue weighted by Crippen LogP contribution is 2.29. The predicted molar refractivity (Wildman–Crippen MR) is 144 cm³/mol. The molecular weight excluding hydrogens is 542 g/mol.